The third-order valence-electron chi connectivity index (χ3n) is 3.56. The Morgan fingerprint density at radius 3 is 2.72 bits per heavy atom. The monoisotopic (exact) mass is 351 g/mol. The van der Waals surface area contributed by atoms with Crippen molar-refractivity contribution in [3.63, 3.8) is 0 Å². The van der Waals surface area contributed by atoms with Crippen LogP contribution in [0.25, 0.3) is 17.0 Å². The van der Waals surface area contributed by atoms with Crippen molar-refractivity contribution in [2.75, 3.05) is 6.61 Å². The number of ether oxygens (including phenoxy) is 1. The Kier molecular flexibility index (Phi) is 5.21. The van der Waals surface area contributed by atoms with Gasteiger partial charge >= 0.3 is 5.97 Å². The van der Waals surface area contributed by atoms with Gasteiger partial charge in [-0.3, -0.25) is 9.78 Å². The average molecular weight is 352 g/mol. The first-order valence-corrected chi connectivity index (χ1v) is 7.98. The van der Waals surface area contributed by atoms with Crippen molar-refractivity contribution in [3.05, 3.63) is 83.0 Å². The Hall–Kier alpha value is -2.98. The quantitative estimate of drug-likeness (QED) is 0.390. The van der Waals surface area contributed by atoms with Crippen LogP contribution in [0.1, 0.15) is 15.9 Å². The van der Waals surface area contributed by atoms with Gasteiger partial charge in [-0.2, -0.15) is 0 Å². The summed E-state index contributed by atoms with van der Waals surface area (Å²) in [5, 5.41) is 1.44. The molecule has 0 aliphatic heterocycles. The maximum atomic E-state index is 12.0. The third kappa shape index (κ3) is 4.31. The summed E-state index contributed by atoms with van der Waals surface area (Å²) in [7, 11) is 0. The maximum absolute atomic E-state index is 12.0. The van der Waals surface area contributed by atoms with Crippen LogP contribution in [0.4, 0.5) is 0 Å². The molecule has 124 valence electrons. The molecule has 1 aromatic heterocycles. The lowest BCUT2D eigenvalue weighted by Gasteiger charge is -2.03. The maximum Gasteiger partial charge on any atom is 0.331 e. The third-order valence-corrected chi connectivity index (χ3v) is 3.79. The summed E-state index contributed by atoms with van der Waals surface area (Å²) in [6, 6.07) is 16.0. The number of para-hydroxylation sites is 1. The number of fused-ring (bicyclic) bond motifs is 1. The van der Waals surface area contributed by atoms with Gasteiger partial charge in [-0.25, -0.2) is 4.79 Å². The first kappa shape index (κ1) is 16.9. The second kappa shape index (κ2) is 7.73. The summed E-state index contributed by atoms with van der Waals surface area (Å²) in [5.74, 6) is -0.903. The van der Waals surface area contributed by atoms with Crippen LogP contribution < -0.4 is 0 Å². The molecule has 0 radical (unpaired) electrons. The number of carbonyl (C=O) groups is 2. The van der Waals surface area contributed by atoms with E-state index in [-0.39, 0.29) is 12.4 Å². The minimum Gasteiger partial charge on any atom is -0.454 e. The fourth-order valence-electron chi connectivity index (χ4n) is 2.35. The molecular weight excluding hydrogens is 338 g/mol. The van der Waals surface area contributed by atoms with Crippen LogP contribution in [-0.2, 0) is 9.53 Å². The summed E-state index contributed by atoms with van der Waals surface area (Å²) in [4.78, 5) is 28.1. The number of hydrogen-bond acceptors (Lipinski definition) is 4. The SMILES string of the molecule is O=C(/C=C/c1cccc2cccnc12)OCC(=O)c1cccc(Cl)c1. The smallest absolute Gasteiger partial charge is 0.331 e. The normalized spacial score (nSPS) is 10.9. The zero-order valence-electron chi connectivity index (χ0n) is 13.2. The number of benzene rings is 2. The van der Waals surface area contributed by atoms with Gasteiger partial charge in [0.2, 0.25) is 0 Å². The number of esters is 1. The average Bonchev–Trinajstić information content (AvgIpc) is 2.64. The molecule has 0 aliphatic rings. The fraction of sp³-hybridized carbons (Fsp3) is 0.0500. The van der Waals surface area contributed by atoms with Crippen molar-refractivity contribution >= 4 is 40.3 Å². The van der Waals surface area contributed by atoms with Crippen LogP contribution in [0.2, 0.25) is 5.02 Å². The largest absolute Gasteiger partial charge is 0.454 e. The number of carbonyl (C=O) groups excluding carboxylic acids is 2. The van der Waals surface area contributed by atoms with Gasteiger partial charge in [0.1, 0.15) is 0 Å². The van der Waals surface area contributed by atoms with E-state index in [1.165, 1.54) is 12.1 Å². The van der Waals surface area contributed by atoms with Crippen molar-refractivity contribution in [1.82, 2.24) is 4.98 Å². The Morgan fingerprint density at radius 2 is 1.88 bits per heavy atom. The number of hydrogen-bond donors (Lipinski definition) is 0. The van der Waals surface area contributed by atoms with Crippen molar-refractivity contribution in [1.29, 1.82) is 0 Å². The molecule has 0 unspecified atom stereocenters. The Morgan fingerprint density at radius 1 is 1.08 bits per heavy atom. The summed E-state index contributed by atoms with van der Waals surface area (Å²) in [5.41, 5.74) is 2.00. The summed E-state index contributed by atoms with van der Waals surface area (Å²) < 4.78 is 4.99. The van der Waals surface area contributed by atoms with Gasteiger partial charge in [-0.15, -0.1) is 0 Å². The molecule has 25 heavy (non-hydrogen) atoms. The number of rotatable bonds is 5. The number of nitrogens with zero attached hydrogens (tertiary/aromatic N) is 1. The van der Waals surface area contributed by atoms with Crippen molar-refractivity contribution in [2.24, 2.45) is 0 Å². The first-order valence-electron chi connectivity index (χ1n) is 7.61. The minimum atomic E-state index is -0.594. The standard InChI is InChI=1S/C20H14ClNO3/c21-17-8-2-6-16(12-17)18(23)13-25-19(24)10-9-15-5-1-4-14-7-3-11-22-20(14)15/h1-12H,13H2/b10-9+. The molecule has 0 saturated heterocycles. The van der Waals surface area contributed by atoms with Crippen LogP contribution in [0.3, 0.4) is 0 Å². The highest BCUT2D eigenvalue weighted by Gasteiger charge is 2.09. The van der Waals surface area contributed by atoms with Crippen molar-refractivity contribution < 1.29 is 14.3 Å². The van der Waals surface area contributed by atoms with Gasteiger partial charge in [0.05, 0.1) is 5.52 Å². The second-order valence-corrected chi connectivity index (χ2v) is 5.73. The number of ketones is 1. The van der Waals surface area contributed by atoms with Gasteiger partial charge in [0.15, 0.2) is 12.4 Å². The highest BCUT2D eigenvalue weighted by Crippen LogP contribution is 2.17. The lowest BCUT2D eigenvalue weighted by atomic mass is 10.1. The van der Waals surface area contributed by atoms with Gasteiger partial charge in [0.25, 0.3) is 0 Å². The van der Waals surface area contributed by atoms with Crippen LogP contribution in [-0.4, -0.2) is 23.3 Å². The molecule has 0 N–H and O–H groups in total. The molecule has 3 rings (SSSR count). The van der Waals surface area contributed by atoms with Crippen LogP contribution >= 0.6 is 11.6 Å². The number of pyridine rings is 1. The van der Waals surface area contributed by atoms with E-state index in [1.54, 1.807) is 30.5 Å². The van der Waals surface area contributed by atoms with Crippen LogP contribution in [0.5, 0.6) is 0 Å². The summed E-state index contributed by atoms with van der Waals surface area (Å²) >= 11 is 5.84. The summed E-state index contributed by atoms with van der Waals surface area (Å²) in [6.07, 6.45) is 4.61. The molecular formula is C20H14ClNO3. The van der Waals surface area contributed by atoms with E-state index in [2.05, 4.69) is 4.98 Å². The zero-order chi connectivity index (χ0) is 17.6. The molecule has 0 saturated carbocycles. The van der Waals surface area contributed by atoms with Crippen LogP contribution in [0.15, 0.2) is 66.9 Å². The Bertz CT molecular complexity index is 961. The lowest BCUT2D eigenvalue weighted by Crippen LogP contribution is -2.12. The van der Waals surface area contributed by atoms with Gasteiger partial charge in [-0.1, -0.05) is 48.0 Å². The summed E-state index contributed by atoms with van der Waals surface area (Å²) in [6.45, 7) is -0.336. The minimum absolute atomic E-state index is 0.309. The highest BCUT2D eigenvalue weighted by atomic mass is 35.5. The van der Waals surface area contributed by atoms with Gasteiger partial charge < -0.3 is 4.74 Å². The van der Waals surface area contributed by atoms with E-state index >= 15 is 0 Å². The molecule has 4 nitrogen and oxygen atoms in total. The molecule has 1 heterocycles. The fourth-order valence-corrected chi connectivity index (χ4v) is 2.54. The first-order chi connectivity index (χ1) is 12.1. The van der Waals surface area contributed by atoms with E-state index in [0.29, 0.717) is 10.6 Å². The Labute approximate surface area is 149 Å². The molecule has 5 heteroatoms. The molecule has 0 spiro atoms. The predicted molar refractivity (Wildman–Crippen MR) is 97.5 cm³/mol. The number of halogens is 1. The molecule has 2 aromatic carbocycles. The molecule has 0 fully saturated rings. The topological polar surface area (TPSA) is 56.3 Å². The van der Waals surface area contributed by atoms with Gasteiger partial charge in [0, 0.05) is 33.8 Å². The van der Waals surface area contributed by atoms with Crippen molar-refractivity contribution in [3.8, 4) is 0 Å². The molecule has 0 atom stereocenters. The molecule has 0 aliphatic carbocycles. The lowest BCUT2D eigenvalue weighted by molar-refractivity contribution is -0.136. The second-order valence-electron chi connectivity index (χ2n) is 5.30. The van der Waals surface area contributed by atoms with E-state index < -0.39 is 5.97 Å². The van der Waals surface area contributed by atoms with E-state index in [1.807, 2.05) is 30.3 Å². The molecule has 0 amide bonds. The predicted octanol–water partition coefficient (Wildman–Crippen LogP) is 4.33. The van der Waals surface area contributed by atoms with E-state index in [4.69, 9.17) is 16.3 Å². The highest BCUT2D eigenvalue weighted by molar-refractivity contribution is 6.31. The Balaban J connectivity index is 1.64. The molecule has 3 aromatic rings. The zero-order valence-corrected chi connectivity index (χ0v) is 13.9. The number of aromatic nitrogens is 1. The van der Waals surface area contributed by atoms with Gasteiger partial charge in [-0.05, 0) is 24.3 Å². The van der Waals surface area contributed by atoms with Crippen molar-refractivity contribution in [2.45, 2.75) is 0 Å². The van der Waals surface area contributed by atoms with Crippen LogP contribution in [0, 0.1) is 0 Å². The van der Waals surface area contributed by atoms with E-state index in [0.717, 1.165) is 16.5 Å². The number of Topliss-reactive ketones (excluding diaryl/α,β-unsaturated/α-hetero) is 1. The van der Waals surface area contributed by atoms with E-state index in [9.17, 15) is 9.59 Å². The molecule has 0 bridgehead atoms.